The number of fused-ring (bicyclic) bond motifs is 1. The summed E-state index contributed by atoms with van der Waals surface area (Å²) < 4.78 is 5.61. The van der Waals surface area contributed by atoms with E-state index in [1.807, 2.05) is 25.1 Å². The van der Waals surface area contributed by atoms with Crippen LogP contribution in [0.4, 0.5) is 0 Å². The molecular weight excluding hydrogens is 400 g/mol. The minimum absolute atomic E-state index is 0.117. The molecule has 2 aliphatic heterocycles. The monoisotopic (exact) mass is 424 g/mol. The predicted molar refractivity (Wildman–Crippen MR) is 117 cm³/mol. The van der Waals surface area contributed by atoms with E-state index in [0.29, 0.717) is 23.0 Å². The number of hydrogen-bond acceptors (Lipinski definition) is 5. The Morgan fingerprint density at radius 1 is 1.17 bits per heavy atom. The van der Waals surface area contributed by atoms with Gasteiger partial charge >= 0.3 is 0 Å². The van der Waals surface area contributed by atoms with Crippen molar-refractivity contribution in [3.8, 4) is 5.75 Å². The summed E-state index contributed by atoms with van der Waals surface area (Å²) in [7, 11) is 0. The van der Waals surface area contributed by atoms with Crippen molar-refractivity contribution in [3.05, 3.63) is 71.1 Å². The molecule has 0 saturated heterocycles. The van der Waals surface area contributed by atoms with E-state index >= 15 is 0 Å². The summed E-state index contributed by atoms with van der Waals surface area (Å²) in [5.41, 5.74) is 2.76. The summed E-state index contributed by atoms with van der Waals surface area (Å²) in [6.45, 7) is 5.37. The third kappa shape index (κ3) is 4.71. The van der Waals surface area contributed by atoms with Crippen LogP contribution in [0, 0.1) is 6.92 Å². The Hall–Kier alpha value is -2.70. The van der Waals surface area contributed by atoms with Crippen molar-refractivity contribution in [3.63, 3.8) is 0 Å². The van der Waals surface area contributed by atoms with Crippen LogP contribution < -0.4 is 4.74 Å². The van der Waals surface area contributed by atoms with Crippen LogP contribution in [0.25, 0.3) is 5.57 Å². The van der Waals surface area contributed by atoms with E-state index < -0.39 is 0 Å². The van der Waals surface area contributed by atoms with E-state index in [4.69, 9.17) is 16.3 Å². The highest BCUT2D eigenvalue weighted by Gasteiger charge is 2.25. The molecule has 0 aliphatic carbocycles. The maximum absolute atomic E-state index is 12.9. The van der Waals surface area contributed by atoms with Gasteiger partial charge in [-0.25, -0.2) is 9.97 Å². The van der Waals surface area contributed by atoms with Crippen molar-refractivity contribution < 1.29 is 9.53 Å². The van der Waals surface area contributed by atoms with Crippen molar-refractivity contribution in [1.82, 2.24) is 19.8 Å². The van der Waals surface area contributed by atoms with E-state index in [1.165, 1.54) is 11.8 Å². The van der Waals surface area contributed by atoms with Crippen LogP contribution in [-0.4, -0.2) is 51.9 Å². The lowest BCUT2D eigenvalue weighted by molar-refractivity contribution is 0.0814. The number of nitrogens with zero attached hydrogens (tertiary/aromatic N) is 4. The van der Waals surface area contributed by atoms with Crippen molar-refractivity contribution in [2.75, 3.05) is 26.2 Å². The SMILES string of the molecule is Cc1ccc2c(c1)OC=C(Cl)N(CCCCN1CCC=C(c3ncccn3)C1)C2=O. The highest BCUT2D eigenvalue weighted by atomic mass is 35.5. The van der Waals surface area contributed by atoms with Crippen molar-refractivity contribution in [2.24, 2.45) is 0 Å². The molecule has 0 atom stereocenters. The van der Waals surface area contributed by atoms with Crippen molar-refractivity contribution in [2.45, 2.75) is 26.2 Å². The Labute approximate surface area is 181 Å². The molecule has 0 fully saturated rings. The van der Waals surface area contributed by atoms with Gasteiger partial charge in [0.05, 0.1) is 5.56 Å². The first kappa shape index (κ1) is 20.6. The predicted octanol–water partition coefficient (Wildman–Crippen LogP) is 4.23. The number of halogens is 1. The maximum Gasteiger partial charge on any atom is 0.262 e. The average Bonchev–Trinajstić information content (AvgIpc) is 2.88. The minimum atomic E-state index is -0.117. The van der Waals surface area contributed by atoms with Gasteiger partial charge in [0.25, 0.3) is 5.91 Å². The van der Waals surface area contributed by atoms with E-state index in [2.05, 4.69) is 20.9 Å². The molecule has 30 heavy (non-hydrogen) atoms. The zero-order valence-electron chi connectivity index (χ0n) is 17.1. The van der Waals surface area contributed by atoms with Gasteiger partial charge in [0.2, 0.25) is 0 Å². The van der Waals surface area contributed by atoms with E-state index in [1.54, 1.807) is 23.4 Å². The molecule has 3 heterocycles. The number of benzene rings is 1. The lowest BCUT2D eigenvalue weighted by atomic mass is 10.1. The number of carbonyl (C=O) groups excluding carboxylic acids is 1. The topological polar surface area (TPSA) is 58.6 Å². The third-order valence-electron chi connectivity index (χ3n) is 5.34. The molecule has 0 bridgehead atoms. The van der Waals surface area contributed by atoms with Gasteiger partial charge in [-0.3, -0.25) is 14.6 Å². The summed E-state index contributed by atoms with van der Waals surface area (Å²) in [6, 6.07) is 7.40. The first-order chi connectivity index (χ1) is 14.6. The molecule has 0 unspecified atom stereocenters. The number of rotatable bonds is 6. The second-order valence-electron chi connectivity index (χ2n) is 7.59. The van der Waals surface area contributed by atoms with Gasteiger partial charge in [-0.15, -0.1) is 0 Å². The van der Waals surface area contributed by atoms with E-state index in [0.717, 1.165) is 50.3 Å². The first-order valence-corrected chi connectivity index (χ1v) is 10.6. The van der Waals surface area contributed by atoms with Crippen molar-refractivity contribution >= 4 is 23.1 Å². The Bertz CT molecular complexity index is 974. The van der Waals surface area contributed by atoms with Gasteiger partial charge < -0.3 is 4.74 Å². The summed E-state index contributed by atoms with van der Waals surface area (Å²) in [6.07, 6.45) is 10.1. The lowest BCUT2D eigenvalue weighted by Crippen LogP contribution is -2.32. The fraction of sp³-hybridized carbons (Fsp3) is 0.348. The molecule has 4 rings (SSSR count). The summed E-state index contributed by atoms with van der Waals surface area (Å²) in [5.74, 6) is 1.24. The molecule has 2 aliphatic rings. The standard InChI is InChI=1S/C23H25ClN4O2/c1-17-7-8-19-20(14-17)30-16-21(24)28(23(19)29)13-3-2-11-27-12-4-6-18(15-27)22-25-9-5-10-26-22/h5-10,14,16H,2-4,11-13,15H2,1H3. The molecule has 0 saturated carbocycles. The van der Waals surface area contributed by atoms with Gasteiger partial charge in [-0.1, -0.05) is 23.7 Å². The van der Waals surface area contributed by atoms with Gasteiger partial charge in [-0.05, 0) is 56.5 Å². The number of aryl methyl sites for hydroxylation is 1. The molecular formula is C23H25ClN4O2. The molecule has 156 valence electrons. The number of aromatic nitrogens is 2. The number of amides is 1. The molecule has 6 nitrogen and oxygen atoms in total. The second kappa shape index (κ2) is 9.41. The molecule has 7 heteroatoms. The molecule has 1 amide bonds. The molecule has 2 aromatic rings. The zero-order chi connectivity index (χ0) is 20.9. The van der Waals surface area contributed by atoms with Crippen LogP contribution in [-0.2, 0) is 0 Å². The zero-order valence-corrected chi connectivity index (χ0v) is 17.8. The van der Waals surface area contributed by atoms with Crippen LogP contribution in [0.3, 0.4) is 0 Å². The quantitative estimate of drug-likeness (QED) is 0.513. The number of unbranched alkanes of at least 4 members (excludes halogenated alkanes) is 1. The summed E-state index contributed by atoms with van der Waals surface area (Å²) in [4.78, 5) is 25.7. The van der Waals surface area contributed by atoms with Crippen LogP contribution in [0.1, 0.15) is 41.0 Å². The molecule has 1 aromatic carbocycles. The average molecular weight is 425 g/mol. The maximum atomic E-state index is 12.9. The molecule has 0 spiro atoms. The van der Waals surface area contributed by atoms with Gasteiger partial charge in [0, 0.05) is 37.6 Å². The molecule has 1 aromatic heterocycles. The fourth-order valence-electron chi connectivity index (χ4n) is 3.76. The van der Waals surface area contributed by atoms with Gasteiger partial charge in [0.15, 0.2) is 5.82 Å². The van der Waals surface area contributed by atoms with Crippen LogP contribution in [0.15, 0.2) is 54.2 Å². The van der Waals surface area contributed by atoms with Crippen LogP contribution in [0.5, 0.6) is 5.75 Å². The minimum Gasteiger partial charge on any atom is -0.461 e. The van der Waals surface area contributed by atoms with Crippen molar-refractivity contribution in [1.29, 1.82) is 0 Å². The van der Waals surface area contributed by atoms with E-state index in [9.17, 15) is 4.79 Å². The Kier molecular flexibility index (Phi) is 6.45. The summed E-state index contributed by atoms with van der Waals surface area (Å²) in [5, 5.41) is 0.318. The van der Waals surface area contributed by atoms with Crippen LogP contribution >= 0.6 is 11.6 Å². The number of carbonyl (C=O) groups is 1. The summed E-state index contributed by atoms with van der Waals surface area (Å²) >= 11 is 6.34. The van der Waals surface area contributed by atoms with E-state index in [-0.39, 0.29) is 5.91 Å². The highest BCUT2D eigenvalue weighted by Crippen LogP contribution is 2.28. The smallest absolute Gasteiger partial charge is 0.262 e. The Morgan fingerprint density at radius 2 is 1.97 bits per heavy atom. The van der Waals surface area contributed by atoms with Gasteiger partial charge in [-0.2, -0.15) is 0 Å². The second-order valence-corrected chi connectivity index (χ2v) is 7.98. The van der Waals surface area contributed by atoms with Gasteiger partial charge in [0.1, 0.15) is 17.2 Å². The Morgan fingerprint density at radius 3 is 2.80 bits per heavy atom. The lowest BCUT2D eigenvalue weighted by Gasteiger charge is -2.27. The number of hydrogen-bond donors (Lipinski definition) is 0. The first-order valence-electron chi connectivity index (χ1n) is 10.3. The number of ether oxygens (including phenoxy) is 1. The normalized spacial score (nSPS) is 17.0. The molecule has 0 radical (unpaired) electrons. The van der Waals surface area contributed by atoms with Crippen LogP contribution in [0.2, 0.25) is 0 Å². The molecule has 0 N–H and O–H groups in total. The third-order valence-corrected chi connectivity index (χ3v) is 5.64. The Balaban J connectivity index is 1.30. The largest absolute Gasteiger partial charge is 0.461 e. The fourth-order valence-corrected chi connectivity index (χ4v) is 3.97. The highest BCUT2D eigenvalue weighted by molar-refractivity contribution is 6.30.